The Morgan fingerprint density at radius 1 is 0.344 bits per heavy atom. The fourth-order valence-electron chi connectivity index (χ4n) is 7.44. The van der Waals surface area contributed by atoms with Gasteiger partial charge < -0.3 is 14.2 Å². The van der Waals surface area contributed by atoms with Crippen LogP contribution in [-0.2, 0) is 28.6 Å². The van der Waals surface area contributed by atoms with Gasteiger partial charge in [0.2, 0.25) is 0 Å². The van der Waals surface area contributed by atoms with Gasteiger partial charge in [0.1, 0.15) is 13.2 Å². The molecule has 354 valence electrons. The van der Waals surface area contributed by atoms with E-state index in [-0.39, 0.29) is 31.1 Å². The number of ether oxygens (including phenoxy) is 3. The average molecular weight is 855 g/mol. The van der Waals surface area contributed by atoms with Crippen molar-refractivity contribution in [3.63, 3.8) is 0 Å². The van der Waals surface area contributed by atoms with Crippen LogP contribution < -0.4 is 0 Å². The largest absolute Gasteiger partial charge is 0.462 e. The number of carbonyl (C=O) groups is 3. The monoisotopic (exact) mass is 855 g/mol. The highest BCUT2D eigenvalue weighted by atomic mass is 16.6. The zero-order valence-corrected chi connectivity index (χ0v) is 40.4. The van der Waals surface area contributed by atoms with Crippen LogP contribution in [0.3, 0.4) is 0 Å². The maximum Gasteiger partial charge on any atom is 0.306 e. The summed E-state index contributed by atoms with van der Waals surface area (Å²) in [5.41, 5.74) is 0. The van der Waals surface area contributed by atoms with Crippen molar-refractivity contribution in [3.05, 3.63) is 48.6 Å². The van der Waals surface area contributed by atoms with Crippen molar-refractivity contribution in [3.8, 4) is 0 Å². The maximum atomic E-state index is 12.8. The number of hydrogen-bond acceptors (Lipinski definition) is 6. The summed E-state index contributed by atoms with van der Waals surface area (Å²) in [6.07, 6.45) is 59.5. The Labute approximate surface area is 378 Å². The first-order valence-corrected chi connectivity index (χ1v) is 26.2. The summed E-state index contributed by atoms with van der Waals surface area (Å²) in [6, 6.07) is 0. The van der Waals surface area contributed by atoms with E-state index in [0.29, 0.717) is 19.3 Å². The molecule has 0 rings (SSSR count). The van der Waals surface area contributed by atoms with Crippen LogP contribution in [0.4, 0.5) is 0 Å². The summed E-state index contributed by atoms with van der Waals surface area (Å²) >= 11 is 0. The molecule has 0 aliphatic rings. The summed E-state index contributed by atoms with van der Waals surface area (Å²) in [4.78, 5) is 38.0. The van der Waals surface area contributed by atoms with E-state index in [2.05, 4.69) is 69.4 Å². The molecular weight excluding hydrogens is 757 g/mol. The first kappa shape index (κ1) is 58.4. The summed E-state index contributed by atoms with van der Waals surface area (Å²) < 4.78 is 16.8. The summed E-state index contributed by atoms with van der Waals surface area (Å²) in [5.74, 6) is -0.891. The molecular formula is C55H98O6. The molecule has 0 aromatic carbocycles. The predicted octanol–water partition coefficient (Wildman–Crippen LogP) is 17.1. The molecule has 0 aliphatic heterocycles. The SMILES string of the molecule is CC\C=C/C=C\C=C/CCCCCCCCCC(=O)OC(COC(=O)CCCCCCC/C=C\CCCCC)COC(=O)CCCCCCCCCCCCCCCCCC. The average Bonchev–Trinajstić information content (AvgIpc) is 3.26. The van der Waals surface area contributed by atoms with Gasteiger partial charge in [-0.05, 0) is 64.2 Å². The third kappa shape index (κ3) is 48.3. The number of carbonyl (C=O) groups excluding carboxylic acids is 3. The van der Waals surface area contributed by atoms with Crippen LogP contribution in [0.5, 0.6) is 0 Å². The fourth-order valence-corrected chi connectivity index (χ4v) is 7.44. The van der Waals surface area contributed by atoms with Gasteiger partial charge in [-0.25, -0.2) is 0 Å². The van der Waals surface area contributed by atoms with Gasteiger partial charge in [0.15, 0.2) is 6.10 Å². The van der Waals surface area contributed by atoms with E-state index in [4.69, 9.17) is 14.2 Å². The van der Waals surface area contributed by atoms with Crippen molar-refractivity contribution < 1.29 is 28.6 Å². The van der Waals surface area contributed by atoms with Gasteiger partial charge in [-0.3, -0.25) is 14.4 Å². The lowest BCUT2D eigenvalue weighted by Crippen LogP contribution is -2.30. The summed E-state index contributed by atoms with van der Waals surface area (Å²) in [7, 11) is 0. The smallest absolute Gasteiger partial charge is 0.306 e. The molecule has 0 aromatic heterocycles. The molecule has 0 fully saturated rings. The molecule has 0 N–H and O–H groups in total. The van der Waals surface area contributed by atoms with Crippen molar-refractivity contribution in [1.29, 1.82) is 0 Å². The molecule has 0 spiro atoms. The Bertz CT molecular complexity index is 1070. The van der Waals surface area contributed by atoms with Crippen molar-refractivity contribution in [2.45, 2.75) is 271 Å². The molecule has 1 atom stereocenters. The third-order valence-electron chi connectivity index (χ3n) is 11.4. The summed E-state index contributed by atoms with van der Waals surface area (Å²) in [5, 5.41) is 0. The number of esters is 3. The standard InChI is InChI=1S/C55H98O6/c1-4-7-10-13-16-19-22-25-27-29-30-33-36-39-42-45-48-54(57)60-51-52(50-59-53(56)47-44-41-38-35-32-24-21-18-15-12-9-6-3)61-55(58)49-46-43-40-37-34-31-28-26-23-20-17-14-11-8-5-2/h8,11,14,17-18,20-21,23,52H,4-7,9-10,12-13,15-16,19,22,24-51H2,1-3H3/b11-8-,17-14-,21-18-,23-20-. The first-order chi connectivity index (χ1) is 30.0. The van der Waals surface area contributed by atoms with Gasteiger partial charge in [0.05, 0.1) is 0 Å². The van der Waals surface area contributed by atoms with Gasteiger partial charge in [-0.2, -0.15) is 0 Å². The van der Waals surface area contributed by atoms with E-state index < -0.39 is 6.10 Å². The van der Waals surface area contributed by atoms with Crippen LogP contribution in [0.1, 0.15) is 265 Å². The van der Waals surface area contributed by atoms with E-state index >= 15 is 0 Å². The predicted molar refractivity (Wildman–Crippen MR) is 261 cm³/mol. The van der Waals surface area contributed by atoms with Crippen LogP contribution in [0.2, 0.25) is 0 Å². The molecule has 1 unspecified atom stereocenters. The van der Waals surface area contributed by atoms with E-state index in [1.54, 1.807) is 0 Å². The Morgan fingerprint density at radius 2 is 0.656 bits per heavy atom. The second-order valence-corrected chi connectivity index (χ2v) is 17.5. The lowest BCUT2D eigenvalue weighted by molar-refractivity contribution is -0.167. The minimum Gasteiger partial charge on any atom is -0.462 e. The molecule has 61 heavy (non-hydrogen) atoms. The van der Waals surface area contributed by atoms with E-state index in [1.165, 1.54) is 148 Å². The molecule has 0 saturated heterocycles. The topological polar surface area (TPSA) is 78.9 Å². The van der Waals surface area contributed by atoms with Crippen molar-refractivity contribution in [2.24, 2.45) is 0 Å². The second-order valence-electron chi connectivity index (χ2n) is 17.5. The lowest BCUT2D eigenvalue weighted by Gasteiger charge is -2.18. The van der Waals surface area contributed by atoms with Gasteiger partial charge in [0, 0.05) is 19.3 Å². The Balaban J connectivity index is 4.36. The minimum absolute atomic E-state index is 0.0782. The third-order valence-corrected chi connectivity index (χ3v) is 11.4. The molecule has 0 saturated carbocycles. The van der Waals surface area contributed by atoms with E-state index in [1.807, 2.05) is 0 Å². The summed E-state index contributed by atoms with van der Waals surface area (Å²) in [6.45, 7) is 6.49. The van der Waals surface area contributed by atoms with Crippen LogP contribution in [0.15, 0.2) is 48.6 Å². The highest BCUT2D eigenvalue weighted by Gasteiger charge is 2.19. The van der Waals surface area contributed by atoms with Crippen molar-refractivity contribution in [1.82, 2.24) is 0 Å². The normalized spacial score (nSPS) is 12.4. The molecule has 6 heteroatoms. The number of unbranched alkanes of at least 4 members (excludes halogenated alkanes) is 30. The van der Waals surface area contributed by atoms with Crippen molar-refractivity contribution >= 4 is 17.9 Å². The Kier molecular flexibility index (Phi) is 47.9. The van der Waals surface area contributed by atoms with Gasteiger partial charge in [-0.15, -0.1) is 0 Å². The quantitative estimate of drug-likeness (QED) is 0.0199. The molecule has 6 nitrogen and oxygen atoms in total. The van der Waals surface area contributed by atoms with Gasteiger partial charge in [0.25, 0.3) is 0 Å². The van der Waals surface area contributed by atoms with E-state index in [9.17, 15) is 14.4 Å². The number of allylic oxidation sites excluding steroid dienone is 8. The minimum atomic E-state index is -0.779. The molecule has 0 aromatic rings. The van der Waals surface area contributed by atoms with E-state index in [0.717, 1.165) is 77.0 Å². The van der Waals surface area contributed by atoms with Crippen molar-refractivity contribution in [2.75, 3.05) is 13.2 Å². The molecule has 0 heterocycles. The number of rotatable bonds is 47. The van der Waals surface area contributed by atoms with Crippen LogP contribution in [0.25, 0.3) is 0 Å². The van der Waals surface area contributed by atoms with Gasteiger partial charge >= 0.3 is 17.9 Å². The molecule has 0 bridgehead atoms. The lowest BCUT2D eigenvalue weighted by atomic mass is 10.0. The second kappa shape index (κ2) is 50.0. The van der Waals surface area contributed by atoms with Crippen LogP contribution in [-0.4, -0.2) is 37.2 Å². The Morgan fingerprint density at radius 3 is 1.07 bits per heavy atom. The highest BCUT2D eigenvalue weighted by Crippen LogP contribution is 2.16. The number of hydrogen-bond donors (Lipinski definition) is 0. The van der Waals surface area contributed by atoms with Crippen LogP contribution in [0, 0.1) is 0 Å². The maximum absolute atomic E-state index is 12.8. The zero-order chi connectivity index (χ0) is 44.4. The zero-order valence-electron chi connectivity index (χ0n) is 40.4. The van der Waals surface area contributed by atoms with Gasteiger partial charge in [-0.1, -0.05) is 230 Å². The first-order valence-electron chi connectivity index (χ1n) is 26.2. The van der Waals surface area contributed by atoms with Crippen LogP contribution >= 0.6 is 0 Å². The molecule has 0 amide bonds. The Hall–Kier alpha value is -2.63. The molecule has 0 radical (unpaired) electrons. The fraction of sp³-hybridized carbons (Fsp3) is 0.800. The highest BCUT2D eigenvalue weighted by molar-refractivity contribution is 5.71. The molecule has 0 aliphatic carbocycles.